The standard InChI is InChI=1S/C10H17N3S/c1-13-7-9(6-12-13)5-10(8-11)3-2-4-14-10/h6-7H,2-5,8,11H2,1H3. The van der Waals surface area contributed by atoms with Crippen LogP contribution in [0, 0.1) is 0 Å². The highest BCUT2D eigenvalue weighted by atomic mass is 32.2. The maximum absolute atomic E-state index is 5.88. The van der Waals surface area contributed by atoms with Gasteiger partial charge in [0.05, 0.1) is 6.20 Å². The smallest absolute Gasteiger partial charge is 0.0522 e. The quantitative estimate of drug-likeness (QED) is 0.816. The second-order valence-corrected chi connectivity index (χ2v) is 5.60. The molecule has 0 radical (unpaired) electrons. The second-order valence-electron chi connectivity index (χ2n) is 4.04. The molecule has 0 bridgehead atoms. The van der Waals surface area contributed by atoms with Gasteiger partial charge in [-0.1, -0.05) is 0 Å². The van der Waals surface area contributed by atoms with Crippen LogP contribution in [0.1, 0.15) is 18.4 Å². The molecule has 0 aliphatic carbocycles. The summed E-state index contributed by atoms with van der Waals surface area (Å²) in [6.45, 7) is 0.784. The van der Waals surface area contributed by atoms with Crippen LogP contribution in [0.3, 0.4) is 0 Å². The molecule has 4 heteroatoms. The summed E-state index contributed by atoms with van der Waals surface area (Å²) in [7, 11) is 1.96. The van der Waals surface area contributed by atoms with Crippen LogP contribution in [0.5, 0.6) is 0 Å². The first-order valence-electron chi connectivity index (χ1n) is 5.06. The van der Waals surface area contributed by atoms with E-state index < -0.39 is 0 Å². The van der Waals surface area contributed by atoms with Crippen LogP contribution in [0.4, 0.5) is 0 Å². The predicted octanol–water partition coefficient (Wildman–Crippen LogP) is 1.19. The Bertz CT molecular complexity index is 302. The lowest BCUT2D eigenvalue weighted by atomic mass is 9.96. The van der Waals surface area contributed by atoms with Crippen molar-refractivity contribution in [3.8, 4) is 0 Å². The van der Waals surface area contributed by atoms with Gasteiger partial charge in [0.25, 0.3) is 0 Å². The van der Waals surface area contributed by atoms with E-state index in [9.17, 15) is 0 Å². The molecule has 1 aliphatic heterocycles. The molecule has 2 N–H and O–H groups in total. The van der Waals surface area contributed by atoms with Gasteiger partial charge in [0.15, 0.2) is 0 Å². The molecule has 2 heterocycles. The van der Waals surface area contributed by atoms with Gasteiger partial charge in [-0.05, 0) is 30.6 Å². The lowest BCUT2D eigenvalue weighted by molar-refractivity contribution is 0.564. The molecule has 0 saturated carbocycles. The highest BCUT2D eigenvalue weighted by molar-refractivity contribution is 8.00. The van der Waals surface area contributed by atoms with Gasteiger partial charge in [0.2, 0.25) is 0 Å². The maximum atomic E-state index is 5.88. The highest BCUT2D eigenvalue weighted by Crippen LogP contribution is 2.39. The first-order valence-corrected chi connectivity index (χ1v) is 6.04. The fraction of sp³-hybridized carbons (Fsp3) is 0.700. The Hall–Kier alpha value is -0.480. The molecule has 2 rings (SSSR count). The third kappa shape index (κ3) is 1.96. The third-order valence-corrected chi connectivity index (χ3v) is 4.46. The van der Waals surface area contributed by atoms with Gasteiger partial charge in [-0.3, -0.25) is 4.68 Å². The zero-order chi connectivity index (χ0) is 10.0. The Morgan fingerprint density at radius 2 is 2.57 bits per heavy atom. The zero-order valence-corrected chi connectivity index (χ0v) is 9.39. The minimum absolute atomic E-state index is 0.295. The van der Waals surface area contributed by atoms with Crippen molar-refractivity contribution in [2.75, 3.05) is 12.3 Å². The molecular formula is C10H17N3S. The molecule has 14 heavy (non-hydrogen) atoms. The van der Waals surface area contributed by atoms with E-state index in [1.165, 1.54) is 24.2 Å². The maximum Gasteiger partial charge on any atom is 0.0522 e. The SMILES string of the molecule is Cn1cc(CC2(CN)CCCS2)cn1. The lowest BCUT2D eigenvalue weighted by Crippen LogP contribution is -2.33. The minimum Gasteiger partial charge on any atom is -0.329 e. The topological polar surface area (TPSA) is 43.8 Å². The summed E-state index contributed by atoms with van der Waals surface area (Å²) < 4.78 is 2.15. The molecule has 1 fully saturated rings. The number of aryl methyl sites for hydroxylation is 1. The monoisotopic (exact) mass is 211 g/mol. The van der Waals surface area contributed by atoms with Crippen molar-refractivity contribution >= 4 is 11.8 Å². The molecule has 1 saturated heterocycles. The van der Waals surface area contributed by atoms with E-state index in [0.717, 1.165) is 13.0 Å². The van der Waals surface area contributed by atoms with Crippen LogP contribution in [-0.2, 0) is 13.5 Å². The fourth-order valence-corrected chi connectivity index (χ4v) is 3.46. The number of thioether (sulfide) groups is 1. The second kappa shape index (κ2) is 3.95. The van der Waals surface area contributed by atoms with Crippen molar-refractivity contribution in [3.05, 3.63) is 18.0 Å². The minimum atomic E-state index is 0.295. The average molecular weight is 211 g/mol. The molecule has 3 nitrogen and oxygen atoms in total. The zero-order valence-electron chi connectivity index (χ0n) is 8.57. The number of nitrogens with two attached hydrogens (primary N) is 1. The molecular weight excluding hydrogens is 194 g/mol. The van der Waals surface area contributed by atoms with Crippen LogP contribution in [0.15, 0.2) is 12.4 Å². The summed E-state index contributed by atoms with van der Waals surface area (Å²) in [4.78, 5) is 0. The Morgan fingerprint density at radius 3 is 3.07 bits per heavy atom. The number of rotatable bonds is 3. The summed E-state index contributed by atoms with van der Waals surface area (Å²) in [6.07, 6.45) is 7.68. The molecule has 0 spiro atoms. The van der Waals surface area contributed by atoms with E-state index in [1.807, 2.05) is 29.7 Å². The average Bonchev–Trinajstić information content (AvgIpc) is 2.77. The Kier molecular flexibility index (Phi) is 2.83. The molecule has 0 amide bonds. The number of hydrogen-bond acceptors (Lipinski definition) is 3. The molecule has 1 unspecified atom stereocenters. The van der Waals surface area contributed by atoms with Crippen LogP contribution in [0.2, 0.25) is 0 Å². The van der Waals surface area contributed by atoms with E-state index in [2.05, 4.69) is 11.3 Å². The highest BCUT2D eigenvalue weighted by Gasteiger charge is 2.33. The first kappa shape index (κ1) is 10.1. The lowest BCUT2D eigenvalue weighted by Gasteiger charge is -2.25. The Labute approximate surface area is 89.1 Å². The van der Waals surface area contributed by atoms with Crippen LogP contribution < -0.4 is 5.73 Å². The summed E-state index contributed by atoms with van der Waals surface area (Å²) in [5, 5.41) is 4.19. The van der Waals surface area contributed by atoms with Crippen molar-refractivity contribution in [1.82, 2.24) is 9.78 Å². The van der Waals surface area contributed by atoms with Gasteiger partial charge in [-0.25, -0.2) is 0 Å². The normalized spacial score (nSPS) is 27.0. The van der Waals surface area contributed by atoms with Gasteiger partial charge in [0, 0.05) is 24.5 Å². The van der Waals surface area contributed by atoms with Crippen molar-refractivity contribution in [1.29, 1.82) is 0 Å². The van der Waals surface area contributed by atoms with Crippen molar-refractivity contribution < 1.29 is 0 Å². The largest absolute Gasteiger partial charge is 0.329 e. The number of hydrogen-bond donors (Lipinski definition) is 1. The Morgan fingerprint density at radius 1 is 1.71 bits per heavy atom. The predicted molar refractivity (Wildman–Crippen MR) is 60.4 cm³/mol. The van der Waals surface area contributed by atoms with E-state index >= 15 is 0 Å². The van der Waals surface area contributed by atoms with Crippen molar-refractivity contribution in [2.24, 2.45) is 12.8 Å². The van der Waals surface area contributed by atoms with E-state index in [1.54, 1.807) is 0 Å². The summed E-state index contributed by atoms with van der Waals surface area (Å²) in [6, 6.07) is 0. The van der Waals surface area contributed by atoms with Gasteiger partial charge >= 0.3 is 0 Å². The number of aromatic nitrogens is 2. The molecule has 0 aromatic carbocycles. The van der Waals surface area contributed by atoms with Gasteiger partial charge < -0.3 is 5.73 Å². The van der Waals surface area contributed by atoms with Gasteiger partial charge in [0.1, 0.15) is 0 Å². The molecule has 1 aromatic heterocycles. The van der Waals surface area contributed by atoms with Crippen molar-refractivity contribution in [2.45, 2.75) is 24.0 Å². The summed E-state index contributed by atoms with van der Waals surface area (Å²) >= 11 is 2.03. The van der Waals surface area contributed by atoms with Crippen LogP contribution in [0.25, 0.3) is 0 Å². The van der Waals surface area contributed by atoms with Crippen LogP contribution >= 0.6 is 11.8 Å². The fourth-order valence-electron chi connectivity index (χ4n) is 2.06. The van der Waals surface area contributed by atoms with E-state index in [-0.39, 0.29) is 0 Å². The number of nitrogens with zero attached hydrogens (tertiary/aromatic N) is 2. The molecule has 1 aliphatic rings. The third-order valence-electron chi connectivity index (χ3n) is 2.84. The van der Waals surface area contributed by atoms with Gasteiger partial charge in [-0.15, -0.1) is 0 Å². The first-order chi connectivity index (χ1) is 6.74. The van der Waals surface area contributed by atoms with Crippen molar-refractivity contribution in [3.63, 3.8) is 0 Å². The molecule has 1 aromatic rings. The Balaban J connectivity index is 2.08. The van der Waals surface area contributed by atoms with Crippen LogP contribution in [-0.4, -0.2) is 26.8 Å². The summed E-state index contributed by atoms with van der Waals surface area (Å²) in [5.41, 5.74) is 7.19. The summed E-state index contributed by atoms with van der Waals surface area (Å²) in [5.74, 6) is 1.26. The van der Waals surface area contributed by atoms with Gasteiger partial charge in [-0.2, -0.15) is 16.9 Å². The molecule has 78 valence electrons. The van der Waals surface area contributed by atoms with E-state index in [4.69, 9.17) is 5.73 Å². The van der Waals surface area contributed by atoms with E-state index in [0.29, 0.717) is 4.75 Å². The molecule has 1 atom stereocenters.